The minimum absolute atomic E-state index is 0.350. The number of ether oxygens (including phenoxy) is 2. The Balaban J connectivity index is 2.59. The monoisotopic (exact) mass is 405 g/mol. The van der Waals surface area contributed by atoms with Crippen molar-refractivity contribution in [3.8, 4) is 0 Å². The Labute approximate surface area is 171 Å². The first kappa shape index (κ1) is 23.0. The highest BCUT2D eigenvalue weighted by Crippen LogP contribution is 2.47. The second kappa shape index (κ2) is 7.86. The highest BCUT2D eigenvalue weighted by molar-refractivity contribution is 6.03. The first-order chi connectivity index (χ1) is 13.1. The van der Waals surface area contributed by atoms with Crippen LogP contribution in [0.1, 0.15) is 66.4 Å². The molecule has 7 nitrogen and oxygen atoms in total. The van der Waals surface area contributed by atoms with Crippen molar-refractivity contribution in [2.24, 2.45) is 11.8 Å². The van der Waals surface area contributed by atoms with Crippen LogP contribution in [0.5, 0.6) is 0 Å². The molecule has 1 N–H and O–H groups in total. The van der Waals surface area contributed by atoms with Gasteiger partial charge in [0.15, 0.2) is 5.78 Å². The molecule has 1 aliphatic carbocycles. The Hall–Kier alpha value is -2.28. The second-order valence-corrected chi connectivity index (χ2v) is 9.83. The molecule has 7 heteroatoms. The molecule has 0 spiro atoms. The molecule has 1 fully saturated rings. The van der Waals surface area contributed by atoms with Crippen molar-refractivity contribution in [2.75, 3.05) is 0 Å². The summed E-state index contributed by atoms with van der Waals surface area (Å²) >= 11 is 0. The van der Waals surface area contributed by atoms with Gasteiger partial charge in [0, 0.05) is 24.7 Å². The molecule has 0 unspecified atom stereocenters. The Morgan fingerprint density at radius 1 is 1.10 bits per heavy atom. The van der Waals surface area contributed by atoms with Gasteiger partial charge in [-0.2, -0.15) is 0 Å². The lowest BCUT2D eigenvalue weighted by atomic mass is 9.62. The zero-order valence-electron chi connectivity index (χ0n) is 18.2. The molecule has 160 valence electrons. The molecule has 1 heterocycles. The first-order valence-electron chi connectivity index (χ1n) is 9.73. The quantitative estimate of drug-likeness (QED) is 0.609. The molecule has 0 bridgehead atoms. The van der Waals surface area contributed by atoms with Crippen molar-refractivity contribution in [3.05, 3.63) is 30.1 Å². The summed E-state index contributed by atoms with van der Waals surface area (Å²) < 4.78 is 11.0. The van der Waals surface area contributed by atoms with E-state index in [0.29, 0.717) is 5.56 Å². The fourth-order valence-corrected chi connectivity index (χ4v) is 3.72. The van der Waals surface area contributed by atoms with Crippen LogP contribution in [-0.2, 0) is 23.9 Å². The van der Waals surface area contributed by atoms with E-state index < -0.39 is 52.3 Å². The van der Waals surface area contributed by atoms with Crippen molar-refractivity contribution in [1.29, 1.82) is 0 Å². The second-order valence-electron chi connectivity index (χ2n) is 9.83. The van der Waals surface area contributed by atoms with Gasteiger partial charge in [-0.3, -0.25) is 19.4 Å². The number of hydrogen-bond donors (Lipinski definition) is 1. The van der Waals surface area contributed by atoms with Crippen LogP contribution in [0.3, 0.4) is 0 Å². The number of nitrogens with zero attached hydrogens (tertiary/aromatic N) is 1. The summed E-state index contributed by atoms with van der Waals surface area (Å²) in [6, 6.07) is 3.34. The summed E-state index contributed by atoms with van der Waals surface area (Å²) in [4.78, 5) is 43.1. The van der Waals surface area contributed by atoms with Crippen LogP contribution in [0.4, 0.5) is 0 Å². The average molecular weight is 405 g/mol. The minimum Gasteiger partial charge on any atom is -0.460 e. The van der Waals surface area contributed by atoms with Crippen molar-refractivity contribution in [1.82, 2.24) is 4.98 Å². The number of aromatic nitrogens is 1. The van der Waals surface area contributed by atoms with Gasteiger partial charge >= 0.3 is 11.9 Å². The van der Waals surface area contributed by atoms with Gasteiger partial charge in [-0.05, 0) is 60.1 Å². The van der Waals surface area contributed by atoms with Gasteiger partial charge in [-0.25, -0.2) is 0 Å². The number of carbonyl (C=O) groups excluding carboxylic acids is 3. The molecule has 0 saturated heterocycles. The Kier molecular flexibility index (Phi) is 6.23. The number of aliphatic hydroxyl groups is 1. The van der Waals surface area contributed by atoms with Crippen molar-refractivity contribution < 1.29 is 29.0 Å². The van der Waals surface area contributed by atoms with Gasteiger partial charge in [-0.15, -0.1) is 0 Å². The SMILES string of the molecule is CC(C)(C)OC(=O)[C@H]1C(=O)C[C@](C)(O)[C@H](C(=O)OC(C)(C)C)[C@@H]1c1cccnc1. The lowest BCUT2D eigenvalue weighted by Gasteiger charge is -2.44. The summed E-state index contributed by atoms with van der Waals surface area (Å²) in [6.45, 7) is 11.7. The van der Waals surface area contributed by atoms with E-state index in [2.05, 4.69) is 4.98 Å². The minimum atomic E-state index is -1.68. The van der Waals surface area contributed by atoms with Crippen molar-refractivity contribution >= 4 is 17.7 Å². The van der Waals surface area contributed by atoms with Gasteiger partial charge < -0.3 is 14.6 Å². The van der Waals surface area contributed by atoms with Crippen molar-refractivity contribution in [3.63, 3.8) is 0 Å². The van der Waals surface area contributed by atoms with Gasteiger partial charge in [0.2, 0.25) is 0 Å². The van der Waals surface area contributed by atoms with Gasteiger partial charge in [-0.1, -0.05) is 6.07 Å². The predicted molar refractivity (Wildman–Crippen MR) is 106 cm³/mol. The van der Waals surface area contributed by atoms with Gasteiger partial charge in [0.1, 0.15) is 17.1 Å². The molecule has 2 rings (SSSR count). The molecule has 0 aromatic carbocycles. The van der Waals surface area contributed by atoms with E-state index in [9.17, 15) is 19.5 Å². The third-order valence-corrected chi connectivity index (χ3v) is 4.66. The Morgan fingerprint density at radius 3 is 2.14 bits per heavy atom. The molecule has 4 atom stereocenters. The maximum atomic E-state index is 13.1. The van der Waals surface area contributed by atoms with E-state index >= 15 is 0 Å². The van der Waals surface area contributed by atoms with Crippen LogP contribution in [0.25, 0.3) is 0 Å². The normalized spacial score (nSPS) is 28.0. The molecule has 0 radical (unpaired) electrons. The average Bonchev–Trinajstić information content (AvgIpc) is 2.50. The fourth-order valence-electron chi connectivity index (χ4n) is 3.72. The van der Waals surface area contributed by atoms with E-state index in [1.165, 1.54) is 13.1 Å². The van der Waals surface area contributed by atoms with E-state index in [0.717, 1.165) is 0 Å². The number of ketones is 1. The molecule has 1 aromatic heterocycles. The molecule has 1 saturated carbocycles. The summed E-state index contributed by atoms with van der Waals surface area (Å²) in [5.41, 5.74) is -2.79. The number of rotatable bonds is 3. The molecule has 1 aliphatic rings. The van der Waals surface area contributed by atoms with E-state index in [1.54, 1.807) is 59.9 Å². The van der Waals surface area contributed by atoms with Crippen LogP contribution in [-0.4, -0.2) is 44.6 Å². The smallest absolute Gasteiger partial charge is 0.317 e. The zero-order valence-corrected chi connectivity index (χ0v) is 18.2. The van der Waals surface area contributed by atoms with Crippen LogP contribution in [0.2, 0.25) is 0 Å². The van der Waals surface area contributed by atoms with Gasteiger partial charge in [0.25, 0.3) is 0 Å². The Morgan fingerprint density at radius 2 is 1.66 bits per heavy atom. The summed E-state index contributed by atoms with van der Waals surface area (Å²) in [7, 11) is 0. The molecule has 1 aromatic rings. The highest BCUT2D eigenvalue weighted by Gasteiger charge is 2.57. The molecular weight excluding hydrogens is 374 g/mol. The number of carbonyl (C=O) groups is 3. The first-order valence-corrected chi connectivity index (χ1v) is 9.73. The Bertz CT molecular complexity index is 773. The summed E-state index contributed by atoms with van der Waals surface area (Å²) in [5.74, 6) is -5.20. The third kappa shape index (κ3) is 5.63. The number of hydrogen-bond acceptors (Lipinski definition) is 7. The predicted octanol–water partition coefficient (Wildman–Crippen LogP) is 2.80. The van der Waals surface area contributed by atoms with E-state index in [-0.39, 0.29) is 6.42 Å². The van der Waals surface area contributed by atoms with E-state index in [1.807, 2.05) is 0 Å². The standard InChI is InChI=1S/C22H31NO6/c1-20(2,3)28-18(25)16-14(24)11-22(7,27)17(19(26)29-21(4,5)6)15(16)13-9-8-10-23-12-13/h8-10,12,15-17,27H,11H2,1-7H3/t15-,16+,17+,22+/m1/s1. The highest BCUT2D eigenvalue weighted by atomic mass is 16.6. The van der Waals surface area contributed by atoms with Crippen LogP contribution in [0, 0.1) is 11.8 Å². The lowest BCUT2D eigenvalue weighted by molar-refractivity contribution is -0.182. The molecule has 0 aliphatic heterocycles. The van der Waals surface area contributed by atoms with Crippen molar-refractivity contribution in [2.45, 2.75) is 77.6 Å². The third-order valence-electron chi connectivity index (χ3n) is 4.66. The molecular formula is C22H31NO6. The maximum Gasteiger partial charge on any atom is 0.317 e. The molecule has 0 amide bonds. The van der Waals surface area contributed by atoms with Crippen LogP contribution < -0.4 is 0 Å². The lowest BCUT2D eigenvalue weighted by Crippen LogP contribution is -2.56. The van der Waals surface area contributed by atoms with Crippen LogP contribution >= 0.6 is 0 Å². The van der Waals surface area contributed by atoms with Crippen LogP contribution in [0.15, 0.2) is 24.5 Å². The van der Waals surface area contributed by atoms with Gasteiger partial charge in [0.05, 0.1) is 11.5 Å². The molecule has 29 heavy (non-hydrogen) atoms. The number of pyridine rings is 1. The summed E-state index contributed by atoms with van der Waals surface area (Å²) in [6.07, 6.45) is 2.70. The topological polar surface area (TPSA) is 103 Å². The zero-order chi connectivity index (χ0) is 22.2. The number of Topliss-reactive ketones (excluding diaryl/α,β-unsaturated/α-hetero) is 1. The largest absolute Gasteiger partial charge is 0.460 e. The number of esters is 2. The van der Waals surface area contributed by atoms with E-state index in [4.69, 9.17) is 9.47 Å². The summed E-state index contributed by atoms with van der Waals surface area (Å²) in [5, 5.41) is 11.0. The fraction of sp³-hybridized carbons (Fsp3) is 0.636. The maximum absolute atomic E-state index is 13.1.